The van der Waals surface area contributed by atoms with Gasteiger partial charge < -0.3 is 5.11 Å². The van der Waals surface area contributed by atoms with Gasteiger partial charge >= 0.3 is 5.69 Å². The molecule has 0 spiro atoms. The molecule has 3 aromatic carbocycles. The molecule has 0 heterocycles. The van der Waals surface area contributed by atoms with Crippen LogP contribution in [0.2, 0.25) is 0 Å². The van der Waals surface area contributed by atoms with Crippen LogP contribution in [0.25, 0.3) is 10.8 Å². The summed E-state index contributed by atoms with van der Waals surface area (Å²) in [4.78, 5) is 20.4. The van der Waals surface area contributed by atoms with E-state index in [2.05, 4.69) is 10.5 Å². The number of nitrogens with one attached hydrogen (secondary N) is 1. The minimum atomic E-state index is -0.709. The summed E-state index contributed by atoms with van der Waals surface area (Å²) in [7, 11) is 0. The molecule has 0 unspecified atom stereocenters. The number of nitro groups is 2. The number of phenols is 1. The Hall–Kier alpha value is -4.01. The fourth-order valence-corrected chi connectivity index (χ4v) is 2.86. The molecule has 3 rings (SSSR count). The number of aromatic hydroxyl groups is 1. The summed E-state index contributed by atoms with van der Waals surface area (Å²) in [5, 5.41) is 37.9. The first-order valence-corrected chi connectivity index (χ1v) is 8.37. The molecule has 0 fully saturated rings. The number of aryl methyl sites for hydroxylation is 1. The number of nitro benzene ring substituents is 2. The molecule has 0 aliphatic rings. The van der Waals surface area contributed by atoms with Gasteiger partial charge in [0.1, 0.15) is 11.4 Å². The predicted molar refractivity (Wildman–Crippen MR) is 106 cm³/mol. The van der Waals surface area contributed by atoms with E-state index in [1.54, 1.807) is 6.07 Å². The van der Waals surface area contributed by atoms with E-state index in [0.29, 0.717) is 12.8 Å². The van der Waals surface area contributed by atoms with E-state index in [0.717, 1.165) is 22.4 Å². The number of hydrogen-bond acceptors (Lipinski definition) is 7. The molecule has 0 aliphatic carbocycles. The fraction of sp³-hybridized carbons (Fsp3) is 0.105. The van der Waals surface area contributed by atoms with Crippen molar-refractivity contribution in [1.29, 1.82) is 0 Å². The zero-order valence-corrected chi connectivity index (χ0v) is 14.6. The third kappa shape index (κ3) is 4.04. The zero-order valence-electron chi connectivity index (χ0n) is 14.6. The summed E-state index contributed by atoms with van der Waals surface area (Å²) in [5.41, 5.74) is 2.59. The smallest absolute Gasteiger partial charge is 0.301 e. The molecule has 0 atom stereocenters. The van der Waals surface area contributed by atoms with Crippen molar-refractivity contribution in [3.63, 3.8) is 0 Å². The van der Waals surface area contributed by atoms with Crippen LogP contribution in [0.4, 0.5) is 17.1 Å². The minimum absolute atomic E-state index is 0.0554. The lowest BCUT2D eigenvalue weighted by atomic mass is 10.00. The molecule has 0 bridgehead atoms. The molecule has 0 aliphatic heterocycles. The Kier molecular flexibility index (Phi) is 5.45. The Labute approximate surface area is 159 Å². The highest BCUT2D eigenvalue weighted by Crippen LogP contribution is 2.29. The fourth-order valence-electron chi connectivity index (χ4n) is 2.86. The number of nitrogens with zero attached hydrogens (tertiary/aromatic N) is 3. The number of hydrogen-bond donors (Lipinski definition) is 2. The van der Waals surface area contributed by atoms with Crippen molar-refractivity contribution < 1.29 is 15.0 Å². The summed E-state index contributed by atoms with van der Waals surface area (Å²) in [6.07, 6.45) is 2.54. The van der Waals surface area contributed by atoms with E-state index in [-0.39, 0.29) is 17.1 Å². The minimum Gasteiger partial charge on any atom is -0.508 e. The normalized spacial score (nSPS) is 11.0. The third-order valence-electron chi connectivity index (χ3n) is 4.20. The number of rotatable bonds is 7. The second-order valence-electron chi connectivity index (χ2n) is 5.96. The van der Waals surface area contributed by atoms with Gasteiger partial charge in [0.05, 0.1) is 15.9 Å². The number of fused-ring (bicyclic) bond motifs is 1. The van der Waals surface area contributed by atoms with E-state index in [4.69, 9.17) is 0 Å². The predicted octanol–water partition coefficient (Wildman–Crippen LogP) is 4.39. The van der Waals surface area contributed by atoms with E-state index >= 15 is 0 Å². The maximum absolute atomic E-state index is 11.1. The summed E-state index contributed by atoms with van der Waals surface area (Å²) in [5.74, 6) is 0.200. The Bertz CT molecular complexity index is 1080. The van der Waals surface area contributed by atoms with Crippen LogP contribution in [0.3, 0.4) is 0 Å². The lowest BCUT2D eigenvalue weighted by molar-refractivity contribution is -0.393. The van der Waals surface area contributed by atoms with Gasteiger partial charge in [0.15, 0.2) is 0 Å². The number of hydrazone groups is 1. The molecule has 0 aromatic heterocycles. The van der Waals surface area contributed by atoms with E-state index in [9.17, 15) is 25.3 Å². The SMILES string of the molecule is O=[N+]([O-])c1ccc(N/N=C/CCc2c(O)ccc3ccccc23)c([N+](=O)[O-])c1. The van der Waals surface area contributed by atoms with Gasteiger partial charge in [-0.05, 0) is 35.7 Å². The van der Waals surface area contributed by atoms with Crippen LogP contribution in [0.5, 0.6) is 5.75 Å². The Balaban J connectivity index is 1.69. The van der Waals surface area contributed by atoms with Crippen molar-refractivity contribution in [3.8, 4) is 5.75 Å². The van der Waals surface area contributed by atoms with Crippen LogP contribution in [0.15, 0.2) is 59.7 Å². The van der Waals surface area contributed by atoms with Crippen LogP contribution in [0.1, 0.15) is 12.0 Å². The Morgan fingerprint density at radius 2 is 1.82 bits per heavy atom. The molecule has 9 nitrogen and oxygen atoms in total. The van der Waals surface area contributed by atoms with Crippen molar-refractivity contribution >= 4 is 34.0 Å². The summed E-state index contributed by atoms with van der Waals surface area (Å²) in [6, 6.07) is 14.5. The molecular formula is C19H16N4O5. The van der Waals surface area contributed by atoms with Gasteiger partial charge in [0, 0.05) is 17.8 Å². The van der Waals surface area contributed by atoms with E-state index < -0.39 is 15.5 Å². The van der Waals surface area contributed by atoms with Crippen LogP contribution in [-0.4, -0.2) is 21.2 Å². The first-order chi connectivity index (χ1) is 13.5. The second kappa shape index (κ2) is 8.12. The van der Waals surface area contributed by atoms with Crippen molar-refractivity contribution in [3.05, 3.63) is 80.4 Å². The average Bonchev–Trinajstić information content (AvgIpc) is 2.69. The van der Waals surface area contributed by atoms with Gasteiger partial charge in [0.25, 0.3) is 5.69 Å². The lowest BCUT2D eigenvalue weighted by Gasteiger charge is -2.07. The van der Waals surface area contributed by atoms with Crippen LogP contribution < -0.4 is 5.43 Å². The van der Waals surface area contributed by atoms with E-state index in [1.165, 1.54) is 18.3 Å². The highest BCUT2D eigenvalue weighted by atomic mass is 16.6. The third-order valence-corrected chi connectivity index (χ3v) is 4.20. The molecule has 0 radical (unpaired) electrons. The average molecular weight is 380 g/mol. The standard InChI is InChI=1S/C19H16N4O5/c24-19-10-7-13-4-1-2-5-15(13)16(19)6-3-11-20-21-17-9-8-14(22(25)26)12-18(17)23(27)28/h1-2,4-5,7-12,21,24H,3,6H2/b20-11+. The van der Waals surface area contributed by atoms with Gasteiger partial charge in [-0.1, -0.05) is 30.3 Å². The van der Waals surface area contributed by atoms with Gasteiger partial charge in [0.2, 0.25) is 0 Å². The maximum Gasteiger partial charge on any atom is 0.301 e. The van der Waals surface area contributed by atoms with Gasteiger partial charge in [-0.25, -0.2) is 0 Å². The molecule has 0 saturated heterocycles. The molecule has 142 valence electrons. The number of phenolic OH excluding ortho intramolecular Hbond substituents is 1. The van der Waals surface area contributed by atoms with Crippen LogP contribution in [0, 0.1) is 20.2 Å². The Morgan fingerprint density at radius 1 is 1.04 bits per heavy atom. The summed E-state index contributed by atoms with van der Waals surface area (Å²) >= 11 is 0. The first kappa shape index (κ1) is 18.8. The Morgan fingerprint density at radius 3 is 2.57 bits per heavy atom. The van der Waals surface area contributed by atoms with Crippen molar-refractivity contribution in [2.45, 2.75) is 12.8 Å². The molecule has 2 N–H and O–H groups in total. The van der Waals surface area contributed by atoms with Gasteiger partial charge in [-0.3, -0.25) is 25.7 Å². The van der Waals surface area contributed by atoms with Crippen molar-refractivity contribution in [2.75, 3.05) is 5.43 Å². The van der Waals surface area contributed by atoms with Crippen molar-refractivity contribution in [2.24, 2.45) is 5.10 Å². The first-order valence-electron chi connectivity index (χ1n) is 8.37. The number of benzene rings is 3. The molecular weight excluding hydrogens is 364 g/mol. The molecule has 9 heteroatoms. The molecule has 0 amide bonds. The second-order valence-corrected chi connectivity index (χ2v) is 5.96. The lowest BCUT2D eigenvalue weighted by Crippen LogP contribution is -1.99. The quantitative estimate of drug-likeness (QED) is 0.355. The van der Waals surface area contributed by atoms with Gasteiger partial charge in [-0.15, -0.1) is 0 Å². The summed E-state index contributed by atoms with van der Waals surface area (Å²) < 4.78 is 0. The largest absolute Gasteiger partial charge is 0.508 e. The van der Waals surface area contributed by atoms with Crippen LogP contribution >= 0.6 is 0 Å². The molecule has 0 saturated carbocycles. The maximum atomic E-state index is 11.1. The number of anilines is 1. The number of non-ortho nitro benzene ring substituents is 1. The van der Waals surface area contributed by atoms with Gasteiger partial charge in [-0.2, -0.15) is 5.10 Å². The summed E-state index contributed by atoms with van der Waals surface area (Å²) in [6.45, 7) is 0. The highest BCUT2D eigenvalue weighted by molar-refractivity contribution is 5.88. The highest BCUT2D eigenvalue weighted by Gasteiger charge is 2.19. The topological polar surface area (TPSA) is 131 Å². The zero-order chi connectivity index (χ0) is 20.1. The van der Waals surface area contributed by atoms with Crippen LogP contribution in [-0.2, 0) is 6.42 Å². The monoisotopic (exact) mass is 380 g/mol. The van der Waals surface area contributed by atoms with Crippen molar-refractivity contribution in [1.82, 2.24) is 0 Å². The molecule has 3 aromatic rings. The van der Waals surface area contributed by atoms with E-state index in [1.807, 2.05) is 30.3 Å². The molecule has 28 heavy (non-hydrogen) atoms.